The molecular weight excluding hydrogens is 256 g/mol. The van der Waals surface area contributed by atoms with Crippen molar-refractivity contribution < 1.29 is 4.42 Å². The number of rotatable bonds is 4. The maximum Gasteiger partial charge on any atom is 0.120 e. The highest BCUT2D eigenvalue weighted by Crippen LogP contribution is 2.27. The Bertz CT molecular complexity index is 627. The van der Waals surface area contributed by atoms with Gasteiger partial charge in [0.15, 0.2) is 0 Å². The van der Waals surface area contributed by atoms with Crippen molar-refractivity contribution in [1.82, 2.24) is 10.3 Å². The molecule has 0 amide bonds. The van der Waals surface area contributed by atoms with E-state index in [1.165, 1.54) is 4.70 Å². The van der Waals surface area contributed by atoms with Crippen LogP contribution in [-0.2, 0) is 0 Å². The van der Waals surface area contributed by atoms with Gasteiger partial charge in [-0.15, -0.1) is 11.3 Å². The van der Waals surface area contributed by atoms with Crippen LogP contribution in [0.1, 0.15) is 36.7 Å². The van der Waals surface area contributed by atoms with Gasteiger partial charge in [0, 0.05) is 0 Å². The van der Waals surface area contributed by atoms with E-state index in [9.17, 15) is 0 Å². The van der Waals surface area contributed by atoms with E-state index in [-0.39, 0.29) is 12.1 Å². The van der Waals surface area contributed by atoms with E-state index in [2.05, 4.69) is 36.3 Å². The molecule has 3 aromatic rings. The van der Waals surface area contributed by atoms with Crippen LogP contribution >= 0.6 is 11.3 Å². The van der Waals surface area contributed by atoms with Gasteiger partial charge in [-0.2, -0.15) is 0 Å². The summed E-state index contributed by atoms with van der Waals surface area (Å²) in [6.07, 6.45) is 1.70. The second-order valence-corrected chi connectivity index (χ2v) is 5.71. The van der Waals surface area contributed by atoms with Crippen molar-refractivity contribution >= 4 is 21.6 Å². The molecule has 3 nitrogen and oxygen atoms in total. The maximum atomic E-state index is 5.41. The molecule has 0 spiro atoms. The molecule has 2 heterocycles. The molecule has 19 heavy (non-hydrogen) atoms. The predicted molar refractivity (Wildman–Crippen MR) is 78.3 cm³/mol. The largest absolute Gasteiger partial charge is 0.468 e. The van der Waals surface area contributed by atoms with Crippen molar-refractivity contribution in [2.75, 3.05) is 0 Å². The van der Waals surface area contributed by atoms with Crippen molar-refractivity contribution in [1.29, 1.82) is 0 Å². The Labute approximate surface area is 116 Å². The number of hydrogen-bond donors (Lipinski definition) is 1. The number of para-hydroxylation sites is 1. The first-order valence-electron chi connectivity index (χ1n) is 6.39. The lowest BCUT2D eigenvalue weighted by Gasteiger charge is -2.16. The number of fused-ring (bicyclic) bond motifs is 1. The lowest BCUT2D eigenvalue weighted by Crippen LogP contribution is -2.21. The van der Waals surface area contributed by atoms with E-state index in [0.717, 1.165) is 16.3 Å². The zero-order valence-electron chi connectivity index (χ0n) is 11.0. The van der Waals surface area contributed by atoms with E-state index < -0.39 is 0 Å². The van der Waals surface area contributed by atoms with Gasteiger partial charge in [0.25, 0.3) is 0 Å². The Balaban J connectivity index is 1.78. The Morgan fingerprint density at radius 3 is 2.68 bits per heavy atom. The molecule has 0 aliphatic carbocycles. The molecule has 4 heteroatoms. The molecule has 0 saturated heterocycles. The summed E-state index contributed by atoms with van der Waals surface area (Å²) in [6.45, 7) is 4.24. The van der Waals surface area contributed by atoms with Crippen LogP contribution in [0.15, 0.2) is 47.1 Å². The number of aromatic nitrogens is 1. The summed E-state index contributed by atoms with van der Waals surface area (Å²) in [5.41, 5.74) is 1.07. The molecule has 1 N–H and O–H groups in total. The summed E-state index contributed by atoms with van der Waals surface area (Å²) in [4.78, 5) is 4.67. The van der Waals surface area contributed by atoms with Crippen LogP contribution in [0.4, 0.5) is 0 Å². The third-order valence-corrected chi connectivity index (χ3v) is 4.37. The Hall–Kier alpha value is -1.65. The van der Waals surface area contributed by atoms with Gasteiger partial charge in [0.1, 0.15) is 10.8 Å². The highest BCUT2D eigenvalue weighted by atomic mass is 32.1. The monoisotopic (exact) mass is 272 g/mol. The fourth-order valence-electron chi connectivity index (χ4n) is 2.14. The molecule has 0 bridgehead atoms. The van der Waals surface area contributed by atoms with Gasteiger partial charge in [-0.3, -0.25) is 5.32 Å². The number of nitrogens with zero attached hydrogens (tertiary/aromatic N) is 1. The van der Waals surface area contributed by atoms with Crippen molar-refractivity contribution in [2.45, 2.75) is 25.9 Å². The average molecular weight is 272 g/mol. The zero-order chi connectivity index (χ0) is 13.2. The molecule has 0 aliphatic heterocycles. The summed E-state index contributed by atoms with van der Waals surface area (Å²) >= 11 is 1.74. The SMILES string of the molecule is CC(N[C@@H](C)c1ccco1)c1nc2ccccc2s1. The highest BCUT2D eigenvalue weighted by Gasteiger charge is 2.16. The lowest BCUT2D eigenvalue weighted by molar-refractivity contribution is 0.402. The topological polar surface area (TPSA) is 38.1 Å². The standard InChI is InChI=1S/C15H16N2OS/c1-10(13-7-5-9-18-13)16-11(2)15-17-12-6-3-4-8-14(12)19-15/h3-11,16H,1-2H3/t10-,11?/m0/s1. The Kier molecular flexibility index (Phi) is 3.36. The van der Waals surface area contributed by atoms with Crippen LogP contribution < -0.4 is 5.32 Å². The molecule has 0 aliphatic rings. The minimum Gasteiger partial charge on any atom is -0.468 e. The third-order valence-electron chi connectivity index (χ3n) is 3.15. The van der Waals surface area contributed by atoms with E-state index in [1.54, 1.807) is 17.6 Å². The maximum absolute atomic E-state index is 5.41. The molecule has 3 rings (SSSR count). The number of hydrogen-bond acceptors (Lipinski definition) is 4. The number of thiazole rings is 1. The zero-order valence-corrected chi connectivity index (χ0v) is 11.8. The lowest BCUT2D eigenvalue weighted by atomic mass is 10.2. The summed E-state index contributed by atoms with van der Waals surface area (Å²) in [5, 5.41) is 4.62. The number of furan rings is 1. The normalized spacial score (nSPS) is 14.6. The van der Waals surface area contributed by atoms with Crippen LogP contribution in [0.25, 0.3) is 10.2 Å². The molecular formula is C15H16N2OS. The van der Waals surface area contributed by atoms with Crippen LogP contribution in [0.3, 0.4) is 0 Å². The van der Waals surface area contributed by atoms with E-state index in [4.69, 9.17) is 4.42 Å². The number of nitrogens with one attached hydrogen (secondary N) is 1. The van der Waals surface area contributed by atoms with Crippen LogP contribution in [0.2, 0.25) is 0 Å². The first kappa shape index (κ1) is 12.4. The number of benzene rings is 1. The first-order chi connectivity index (χ1) is 9.24. The second-order valence-electron chi connectivity index (χ2n) is 4.65. The smallest absolute Gasteiger partial charge is 0.120 e. The molecule has 98 valence electrons. The third kappa shape index (κ3) is 2.55. The Morgan fingerprint density at radius 1 is 1.11 bits per heavy atom. The predicted octanol–water partition coefficient (Wildman–Crippen LogP) is 4.30. The van der Waals surface area contributed by atoms with Crippen LogP contribution in [-0.4, -0.2) is 4.98 Å². The van der Waals surface area contributed by atoms with Gasteiger partial charge in [-0.1, -0.05) is 12.1 Å². The molecule has 2 aromatic heterocycles. The highest BCUT2D eigenvalue weighted by molar-refractivity contribution is 7.18. The van der Waals surface area contributed by atoms with Gasteiger partial charge < -0.3 is 4.42 Å². The molecule has 0 fully saturated rings. The van der Waals surface area contributed by atoms with Crippen molar-refractivity contribution in [2.24, 2.45) is 0 Å². The molecule has 1 unspecified atom stereocenters. The summed E-state index contributed by atoms with van der Waals surface area (Å²) in [7, 11) is 0. The summed E-state index contributed by atoms with van der Waals surface area (Å²) in [5.74, 6) is 0.952. The van der Waals surface area contributed by atoms with Gasteiger partial charge in [0.05, 0.1) is 28.6 Å². The van der Waals surface area contributed by atoms with Crippen LogP contribution in [0, 0.1) is 0 Å². The molecule has 0 saturated carbocycles. The second kappa shape index (κ2) is 5.15. The van der Waals surface area contributed by atoms with Crippen LogP contribution in [0.5, 0.6) is 0 Å². The van der Waals surface area contributed by atoms with Crippen molar-refractivity contribution in [3.8, 4) is 0 Å². The Morgan fingerprint density at radius 2 is 1.95 bits per heavy atom. The summed E-state index contributed by atoms with van der Waals surface area (Å²) < 4.78 is 6.64. The van der Waals surface area contributed by atoms with E-state index >= 15 is 0 Å². The fraction of sp³-hybridized carbons (Fsp3) is 0.267. The van der Waals surface area contributed by atoms with Gasteiger partial charge in [-0.05, 0) is 38.1 Å². The molecule has 1 aromatic carbocycles. The fourth-order valence-corrected chi connectivity index (χ4v) is 3.12. The minimum absolute atomic E-state index is 0.178. The van der Waals surface area contributed by atoms with E-state index in [0.29, 0.717) is 0 Å². The first-order valence-corrected chi connectivity index (χ1v) is 7.20. The van der Waals surface area contributed by atoms with Crippen molar-refractivity contribution in [3.05, 3.63) is 53.4 Å². The van der Waals surface area contributed by atoms with Crippen molar-refractivity contribution in [3.63, 3.8) is 0 Å². The average Bonchev–Trinajstić information content (AvgIpc) is 3.07. The van der Waals surface area contributed by atoms with E-state index in [1.807, 2.05) is 24.3 Å². The molecule has 0 radical (unpaired) electrons. The van der Waals surface area contributed by atoms with Gasteiger partial charge in [0.2, 0.25) is 0 Å². The molecule has 2 atom stereocenters. The van der Waals surface area contributed by atoms with Gasteiger partial charge in [-0.25, -0.2) is 4.98 Å². The summed E-state index contributed by atoms with van der Waals surface area (Å²) in [6, 6.07) is 12.5. The quantitative estimate of drug-likeness (QED) is 0.769. The van der Waals surface area contributed by atoms with Gasteiger partial charge >= 0.3 is 0 Å². The minimum atomic E-state index is 0.178.